The van der Waals surface area contributed by atoms with Crippen LogP contribution in [0.25, 0.3) is 0 Å². The Hall–Kier alpha value is -1.61. The van der Waals surface area contributed by atoms with Gasteiger partial charge in [-0.05, 0) is 18.9 Å². The zero-order valence-electron chi connectivity index (χ0n) is 10.0. The third kappa shape index (κ3) is 3.67. The summed E-state index contributed by atoms with van der Waals surface area (Å²) >= 11 is 0. The second-order valence-electron chi connectivity index (χ2n) is 4.64. The quantitative estimate of drug-likeness (QED) is 0.787. The summed E-state index contributed by atoms with van der Waals surface area (Å²) < 4.78 is 51.2. The van der Waals surface area contributed by atoms with E-state index in [0.29, 0.717) is 12.8 Å². The molecule has 0 amide bonds. The molecule has 0 bridgehead atoms. The number of benzene rings is 1. The summed E-state index contributed by atoms with van der Waals surface area (Å²) in [6.45, 7) is -1.17. The summed E-state index contributed by atoms with van der Waals surface area (Å²) in [6.07, 6.45) is -2.89. The van der Waals surface area contributed by atoms with Gasteiger partial charge in [0.15, 0.2) is 0 Å². The van der Waals surface area contributed by atoms with Crippen molar-refractivity contribution < 1.29 is 17.6 Å². The van der Waals surface area contributed by atoms with E-state index < -0.39 is 18.5 Å². The molecule has 1 aliphatic carbocycles. The van der Waals surface area contributed by atoms with E-state index in [4.69, 9.17) is 5.26 Å². The average molecular weight is 272 g/mol. The van der Waals surface area contributed by atoms with Gasteiger partial charge in [-0.3, -0.25) is 4.90 Å². The summed E-state index contributed by atoms with van der Waals surface area (Å²) in [5, 5.41) is 8.70. The highest BCUT2D eigenvalue weighted by molar-refractivity contribution is 5.35. The molecule has 1 aliphatic rings. The van der Waals surface area contributed by atoms with Crippen molar-refractivity contribution in [2.24, 2.45) is 0 Å². The number of hydrogen-bond acceptors (Lipinski definition) is 2. The topological polar surface area (TPSA) is 27.0 Å². The van der Waals surface area contributed by atoms with Crippen LogP contribution in [0.4, 0.5) is 17.6 Å². The van der Waals surface area contributed by atoms with Crippen LogP contribution in [0.3, 0.4) is 0 Å². The maximum absolute atomic E-state index is 13.8. The average Bonchev–Trinajstić information content (AvgIpc) is 3.13. The molecule has 0 aromatic heterocycles. The van der Waals surface area contributed by atoms with E-state index in [1.807, 2.05) is 0 Å². The van der Waals surface area contributed by atoms with Crippen LogP contribution in [0, 0.1) is 17.1 Å². The first kappa shape index (κ1) is 13.8. The van der Waals surface area contributed by atoms with Gasteiger partial charge in [0.2, 0.25) is 0 Å². The minimum atomic E-state index is -4.30. The fourth-order valence-corrected chi connectivity index (χ4v) is 1.99. The molecule has 0 aliphatic heterocycles. The van der Waals surface area contributed by atoms with Crippen molar-refractivity contribution in [2.75, 3.05) is 6.54 Å². The van der Waals surface area contributed by atoms with E-state index >= 15 is 0 Å². The van der Waals surface area contributed by atoms with Crippen molar-refractivity contribution in [3.63, 3.8) is 0 Å². The monoisotopic (exact) mass is 272 g/mol. The van der Waals surface area contributed by atoms with Crippen LogP contribution in [0.15, 0.2) is 18.2 Å². The molecule has 2 rings (SSSR count). The van der Waals surface area contributed by atoms with Crippen LogP contribution in [0.1, 0.15) is 24.0 Å². The summed E-state index contributed by atoms with van der Waals surface area (Å²) in [7, 11) is 0. The first-order chi connectivity index (χ1) is 8.90. The molecule has 0 unspecified atom stereocenters. The Labute approximate surface area is 108 Å². The normalized spacial score (nSPS) is 15.6. The fraction of sp³-hybridized carbons (Fsp3) is 0.462. The summed E-state index contributed by atoms with van der Waals surface area (Å²) in [6, 6.07) is 5.76. The summed E-state index contributed by atoms with van der Waals surface area (Å²) in [5.74, 6) is -0.724. The number of rotatable bonds is 4. The Balaban J connectivity index is 2.16. The van der Waals surface area contributed by atoms with Crippen LogP contribution >= 0.6 is 0 Å². The number of nitriles is 1. The van der Waals surface area contributed by atoms with E-state index in [1.165, 1.54) is 23.1 Å². The maximum Gasteiger partial charge on any atom is 0.401 e. The molecule has 19 heavy (non-hydrogen) atoms. The smallest absolute Gasteiger partial charge is 0.288 e. The second kappa shape index (κ2) is 5.17. The first-order valence-corrected chi connectivity index (χ1v) is 5.89. The molecule has 1 fully saturated rings. The minimum absolute atomic E-state index is 0.120. The van der Waals surface area contributed by atoms with Gasteiger partial charge in [0.1, 0.15) is 11.9 Å². The van der Waals surface area contributed by atoms with Gasteiger partial charge in [0, 0.05) is 18.2 Å². The van der Waals surface area contributed by atoms with Gasteiger partial charge in [0.25, 0.3) is 0 Å². The third-order valence-electron chi connectivity index (χ3n) is 3.02. The Morgan fingerprint density at radius 2 is 2.00 bits per heavy atom. The predicted molar refractivity (Wildman–Crippen MR) is 60.6 cm³/mol. The SMILES string of the molecule is N#Cc1cccc(CN(CC(F)(F)F)C2CC2)c1F. The first-order valence-electron chi connectivity index (χ1n) is 5.89. The number of hydrogen-bond donors (Lipinski definition) is 0. The maximum atomic E-state index is 13.8. The molecule has 1 aromatic rings. The van der Waals surface area contributed by atoms with Gasteiger partial charge < -0.3 is 0 Å². The molecular formula is C13H12F4N2. The van der Waals surface area contributed by atoms with Crippen molar-refractivity contribution in [1.82, 2.24) is 4.90 Å². The van der Waals surface area contributed by atoms with Crippen LogP contribution in [-0.4, -0.2) is 23.7 Å². The van der Waals surface area contributed by atoms with E-state index in [0.717, 1.165) is 0 Å². The molecule has 0 saturated heterocycles. The van der Waals surface area contributed by atoms with E-state index in [1.54, 1.807) is 6.07 Å². The summed E-state index contributed by atoms with van der Waals surface area (Å²) in [4.78, 5) is 1.22. The van der Waals surface area contributed by atoms with Crippen molar-refractivity contribution in [3.05, 3.63) is 35.1 Å². The number of nitrogens with zero attached hydrogens (tertiary/aromatic N) is 2. The lowest BCUT2D eigenvalue weighted by molar-refractivity contribution is -0.148. The van der Waals surface area contributed by atoms with Crippen LogP contribution in [-0.2, 0) is 6.54 Å². The molecule has 0 N–H and O–H groups in total. The van der Waals surface area contributed by atoms with Crippen molar-refractivity contribution in [1.29, 1.82) is 5.26 Å². The largest absolute Gasteiger partial charge is 0.401 e. The minimum Gasteiger partial charge on any atom is -0.288 e. The van der Waals surface area contributed by atoms with Crippen molar-refractivity contribution in [3.8, 4) is 6.07 Å². The molecule has 0 spiro atoms. The van der Waals surface area contributed by atoms with E-state index in [2.05, 4.69) is 0 Å². The van der Waals surface area contributed by atoms with E-state index in [9.17, 15) is 17.6 Å². The van der Waals surface area contributed by atoms with Gasteiger partial charge in [0.05, 0.1) is 12.1 Å². The highest BCUT2D eigenvalue weighted by Gasteiger charge is 2.38. The third-order valence-corrected chi connectivity index (χ3v) is 3.02. The summed E-state index contributed by atoms with van der Waals surface area (Å²) in [5.41, 5.74) is -0.00421. The molecule has 0 radical (unpaired) electrons. The lowest BCUT2D eigenvalue weighted by Crippen LogP contribution is -2.35. The molecule has 1 aromatic carbocycles. The van der Waals surface area contributed by atoms with Gasteiger partial charge >= 0.3 is 6.18 Å². The van der Waals surface area contributed by atoms with Crippen LogP contribution < -0.4 is 0 Å². The van der Waals surface area contributed by atoms with Gasteiger partial charge in [-0.25, -0.2) is 4.39 Å². The second-order valence-corrected chi connectivity index (χ2v) is 4.64. The van der Waals surface area contributed by atoms with Crippen molar-refractivity contribution >= 4 is 0 Å². The van der Waals surface area contributed by atoms with Crippen LogP contribution in [0.5, 0.6) is 0 Å². The fourth-order valence-electron chi connectivity index (χ4n) is 1.99. The van der Waals surface area contributed by atoms with Gasteiger partial charge in [-0.2, -0.15) is 18.4 Å². The van der Waals surface area contributed by atoms with E-state index in [-0.39, 0.29) is 23.7 Å². The highest BCUT2D eigenvalue weighted by Crippen LogP contribution is 2.31. The highest BCUT2D eigenvalue weighted by atomic mass is 19.4. The lowest BCUT2D eigenvalue weighted by atomic mass is 10.1. The van der Waals surface area contributed by atoms with Gasteiger partial charge in [-0.1, -0.05) is 12.1 Å². The zero-order valence-corrected chi connectivity index (χ0v) is 10.0. The molecule has 0 atom stereocenters. The molecule has 1 saturated carbocycles. The lowest BCUT2D eigenvalue weighted by Gasteiger charge is -2.23. The molecule has 2 nitrogen and oxygen atoms in total. The molecule has 6 heteroatoms. The predicted octanol–water partition coefficient (Wildman–Crippen LogP) is 3.22. The molecule has 0 heterocycles. The number of alkyl halides is 3. The Kier molecular flexibility index (Phi) is 3.76. The van der Waals surface area contributed by atoms with Gasteiger partial charge in [-0.15, -0.1) is 0 Å². The Bertz CT molecular complexity index is 500. The van der Waals surface area contributed by atoms with Crippen LogP contribution in [0.2, 0.25) is 0 Å². The number of halogens is 4. The zero-order chi connectivity index (χ0) is 14.0. The Morgan fingerprint density at radius 1 is 1.32 bits per heavy atom. The Morgan fingerprint density at radius 3 is 2.53 bits per heavy atom. The van der Waals surface area contributed by atoms with Crippen molar-refractivity contribution in [2.45, 2.75) is 31.6 Å². The molecular weight excluding hydrogens is 260 g/mol. The standard InChI is InChI=1S/C13H12F4N2/c14-12-9(6-18)2-1-3-10(12)7-19(11-4-5-11)8-13(15,16)17/h1-3,11H,4-5,7-8H2. The molecule has 102 valence electrons.